The van der Waals surface area contributed by atoms with Crippen LogP contribution in [0.1, 0.15) is 28.4 Å². The van der Waals surface area contributed by atoms with Crippen molar-refractivity contribution in [2.24, 2.45) is 0 Å². The molecule has 8 nitrogen and oxygen atoms in total. The molecule has 29 heavy (non-hydrogen) atoms. The van der Waals surface area contributed by atoms with Crippen LogP contribution in [0.5, 0.6) is 0 Å². The van der Waals surface area contributed by atoms with Gasteiger partial charge >= 0.3 is 5.97 Å². The molecule has 0 spiro atoms. The Labute approximate surface area is 167 Å². The maximum Gasteiger partial charge on any atom is 0.338 e. The van der Waals surface area contributed by atoms with E-state index < -0.39 is 5.97 Å². The fourth-order valence-corrected chi connectivity index (χ4v) is 3.61. The van der Waals surface area contributed by atoms with Gasteiger partial charge in [-0.1, -0.05) is 19.1 Å². The second-order valence-electron chi connectivity index (χ2n) is 7.24. The summed E-state index contributed by atoms with van der Waals surface area (Å²) in [6.45, 7) is 6.05. The predicted molar refractivity (Wildman–Crippen MR) is 110 cm³/mol. The fraction of sp³-hybridized carbons (Fsp3) is 0.333. The van der Waals surface area contributed by atoms with Gasteiger partial charge < -0.3 is 15.0 Å². The zero-order valence-electron chi connectivity index (χ0n) is 16.3. The van der Waals surface area contributed by atoms with Crippen LogP contribution in [0.25, 0.3) is 10.9 Å². The zero-order valence-corrected chi connectivity index (χ0v) is 16.3. The van der Waals surface area contributed by atoms with Crippen molar-refractivity contribution in [1.29, 1.82) is 0 Å². The van der Waals surface area contributed by atoms with Crippen molar-refractivity contribution < 1.29 is 9.90 Å². The van der Waals surface area contributed by atoms with Crippen molar-refractivity contribution in [3.05, 3.63) is 63.7 Å². The molecule has 0 amide bonds. The first-order valence-electron chi connectivity index (χ1n) is 9.71. The standard InChI is InChI=1S/C21H23N5O3/c1-2-15-10-16-4-3-14(9-18(16)24-19(15)27)13-25-5-7-26(8-6-25)21-22-11-17(12-23-21)20(28)29/h3-4,9-12H,2,5-8,13H2,1H3,(H,24,27)(H,28,29). The SMILES string of the molecule is CCc1cc2ccc(CN3CCN(c4ncc(C(=O)O)cn4)CC3)cc2[nH]c1=O. The number of anilines is 1. The van der Waals surface area contributed by atoms with Gasteiger partial charge in [0.1, 0.15) is 0 Å². The Balaban J connectivity index is 1.40. The Morgan fingerprint density at radius 2 is 1.86 bits per heavy atom. The third kappa shape index (κ3) is 4.12. The van der Waals surface area contributed by atoms with Gasteiger partial charge in [-0.3, -0.25) is 9.69 Å². The summed E-state index contributed by atoms with van der Waals surface area (Å²) >= 11 is 0. The monoisotopic (exact) mass is 393 g/mol. The van der Waals surface area contributed by atoms with E-state index in [9.17, 15) is 9.59 Å². The number of hydrogen-bond donors (Lipinski definition) is 2. The summed E-state index contributed by atoms with van der Waals surface area (Å²) in [4.78, 5) is 38.7. The minimum absolute atomic E-state index is 0.0142. The van der Waals surface area contributed by atoms with Crippen LogP contribution in [0.2, 0.25) is 0 Å². The number of aromatic nitrogens is 3. The molecule has 0 aliphatic carbocycles. The maximum atomic E-state index is 12.1. The Morgan fingerprint density at radius 1 is 1.14 bits per heavy atom. The van der Waals surface area contributed by atoms with Crippen molar-refractivity contribution in [2.45, 2.75) is 19.9 Å². The fourth-order valence-electron chi connectivity index (χ4n) is 3.61. The van der Waals surface area contributed by atoms with Crippen molar-refractivity contribution in [3.63, 3.8) is 0 Å². The van der Waals surface area contributed by atoms with Crippen LogP contribution >= 0.6 is 0 Å². The lowest BCUT2D eigenvalue weighted by Gasteiger charge is -2.34. The van der Waals surface area contributed by atoms with Crippen molar-refractivity contribution in [2.75, 3.05) is 31.1 Å². The second-order valence-corrected chi connectivity index (χ2v) is 7.24. The number of nitrogens with one attached hydrogen (secondary N) is 1. The highest BCUT2D eigenvalue weighted by Gasteiger charge is 2.19. The summed E-state index contributed by atoms with van der Waals surface area (Å²) in [7, 11) is 0. The van der Waals surface area contributed by atoms with Crippen LogP contribution in [0.4, 0.5) is 5.95 Å². The van der Waals surface area contributed by atoms with Crippen molar-refractivity contribution >= 4 is 22.8 Å². The number of hydrogen-bond acceptors (Lipinski definition) is 6. The number of rotatable bonds is 5. The van der Waals surface area contributed by atoms with Gasteiger partial charge in [0.15, 0.2) is 0 Å². The number of nitrogens with zero attached hydrogens (tertiary/aromatic N) is 4. The topological polar surface area (TPSA) is 102 Å². The third-order valence-corrected chi connectivity index (χ3v) is 5.31. The number of pyridine rings is 1. The number of aromatic amines is 1. The molecule has 1 fully saturated rings. The molecule has 0 unspecified atom stereocenters. The van der Waals surface area contributed by atoms with E-state index in [0.717, 1.165) is 61.2 Å². The molecule has 0 radical (unpaired) electrons. The Hall–Kier alpha value is -3.26. The normalized spacial score (nSPS) is 15.0. The lowest BCUT2D eigenvalue weighted by atomic mass is 10.1. The molecular weight excluding hydrogens is 370 g/mol. The number of fused-ring (bicyclic) bond motifs is 1. The Morgan fingerprint density at radius 3 is 2.52 bits per heavy atom. The first-order chi connectivity index (χ1) is 14.0. The molecule has 1 saturated heterocycles. The Kier molecular flexibility index (Phi) is 5.26. The molecule has 4 rings (SSSR count). The highest BCUT2D eigenvalue weighted by molar-refractivity contribution is 5.86. The van der Waals surface area contributed by atoms with E-state index in [1.165, 1.54) is 12.4 Å². The number of piperazine rings is 1. The molecule has 1 aliphatic rings. The molecule has 3 heterocycles. The second kappa shape index (κ2) is 8.00. The van der Waals surface area contributed by atoms with E-state index in [1.54, 1.807) is 0 Å². The molecule has 1 aliphatic heterocycles. The number of carboxylic acids is 1. The molecule has 2 N–H and O–H groups in total. The lowest BCUT2D eigenvalue weighted by Crippen LogP contribution is -2.46. The van der Waals surface area contributed by atoms with E-state index in [2.05, 4.69) is 43.0 Å². The summed E-state index contributed by atoms with van der Waals surface area (Å²) in [5.74, 6) is -0.464. The Bertz CT molecular complexity index is 1090. The van der Waals surface area contributed by atoms with Crippen molar-refractivity contribution in [3.8, 4) is 0 Å². The quantitative estimate of drug-likeness (QED) is 0.682. The number of carbonyl (C=O) groups is 1. The van der Waals surface area contributed by atoms with Gasteiger partial charge in [0.05, 0.1) is 5.56 Å². The predicted octanol–water partition coefficient (Wildman–Crippen LogP) is 1.90. The average Bonchev–Trinajstić information content (AvgIpc) is 2.74. The van der Waals surface area contributed by atoms with E-state index in [0.29, 0.717) is 5.95 Å². The van der Waals surface area contributed by atoms with Gasteiger partial charge in [0.25, 0.3) is 5.56 Å². The minimum Gasteiger partial charge on any atom is -0.478 e. The summed E-state index contributed by atoms with van der Waals surface area (Å²) < 4.78 is 0. The highest BCUT2D eigenvalue weighted by Crippen LogP contribution is 2.17. The number of carboxylic acid groups (broad SMARTS) is 1. The van der Waals surface area contributed by atoms with E-state index in [4.69, 9.17) is 5.11 Å². The number of aromatic carboxylic acids is 1. The van der Waals surface area contributed by atoms with E-state index in [1.807, 2.05) is 13.0 Å². The lowest BCUT2D eigenvalue weighted by molar-refractivity contribution is 0.0696. The summed E-state index contributed by atoms with van der Waals surface area (Å²) in [5.41, 5.74) is 2.91. The van der Waals surface area contributed by atoms with E-state index >= 15 is 0 Å². The van der Waals surface area contributed by atoms with Crippen molar-refractivity contribution in [1.82, 2.24) is 19.9 Å². The van der Waals surface area contributed by atoms with E-state index in [-0.39, 0.29) is 11.1 Å². The molecule has 150 valence electrons. The molecule has 1 aromatic carbocycles. The first kappa shape index (κ1) is 19.1. The first-order valence-corrected chi connectivity index (χ1v) is 9.71. The smallest absolute Gasteiger partial charge is 0.338 e. The average molecular weight is 393 g/mol. The van der Waals surface area contributed by atoms with Gasteiger partial charge in [-0.25, -0.2) is 14.8 Å². The van der Waals surface area contributed by atoms with Crippen LogP contribution in [0.15, 0.2) is 41.5 Å². The van der Waals surface area contributed by atoms with Crippen LogP contribution in [0.3, 0.4) is 0 Å². The molecule has 8 heteroatoms. The molecule has 3 aromatic rings. The number of H-pyrrole nitrogens is 1. The summed E-state index contributed by atoms with van der Waals surface area (Å²) in [6.07, 6.45) is 3.41. The highest BCUT2D eigenvalue weighted by atomic mass is 16.4. The zero-order chi connectivity index (χ0) is 20.4. The van der Waals surface area contributed by atoms with Crippen LogP contribution in [-0.4, -0.2) is 57.1 Å². The molecule has 0 saturated carbocycles. The van der Waals surface area contributed by atoms with Gasteiger partial charge in [0.2, 0.25) is 5.95 Å². The van der Waals surface area contributed by atoms with Crippen LogP contribution in [0, 0.1) is 0 Å². The largest absolute Gasteiger partial charge is 0.478 e. The molecule has 0 bridgehead atoms. The van der Waals surface area contributed by atoms with Crippen LogP contribution in [-0.2, 0) is 13.0 Å². The van der Waals surface area contributed by atoms with Gasteiger partial charge in [0, 0.05) is 56.2 Å². The summed E-state index contributed by atoms with van der Waals surface area (Å²) in [5, 5.41) is 10.0. The summed E-state index contributed by atoms with van der Waals surface area (Å²) in [6, 6.07) is 8.19. The third-order valence-electron chi connectivity index (χ3n) is 5.31. The molecule has 2 aromatic heterocycles. The maximum absolute atomic E-state index is 12.1. The van der Waals surface area contributed by atoms with Gasteiger partial charge in [-0.2, -0.15) is 0 Å². The number of benzene rings is 1. The van der Waals surface area contributed by atoms with Gasteiger partial charge in [-0.15, -0.1) is 0 Å². The molecular formula is C21H23N5O3. The molecule has 0 atom stereocenters. The number of aryl methyl sites for hydroxylation is 1. The minimum atomic E-state index is -1.02. The van der Waals surface area contributed by atoms with Crippen LogP contribution < -0.4 is 10.5 Å². The van der Waals surface area contributed by atoms with Gasteiger partial charge in [-0.05, 0) is 29.5 Å².